The Morgan fingerprint density at radius 2 is 1.43 bits per heavy atom. The summed E-state index contributed by atoms with van der Waals surface area (Å²) in [6.45, 7) is 0. The third kappa shape index (κ3) is 5.15. The van der Waals surface area contributed by atoms with Gasteiger partial charge in [-0.1, -0.05) is 17.7 Å². The van der Waals surface area contributed by atoms with E-state index < -0.39 is 26.0 Å². The highest BCUT2D eigenvalue weighted by Gasteiger charge is 2.17. The van der Waals surface area contributed by atoms with Gasteiger partial charge in [-0.3, -0.25) is 13.4 Å². The predicted octanol–water partition coefficient (Wildman–Crippen LogP) is 2.38. The molecular formula is C17H20ClN3O5S2. The molecule has 1 amide bonds. The molecule has 0 unspecified atom stereocenters. The van der Waals surface area contributed by atoms with E-state index in [1.54, 1.807) is 18.2 Å². The van der Waals surface area contributed by atoms with Gasteiger partial charge in [-0.2, -0.15) is 0 Å². The van der Waals surface area contributed by atoms with Crippen molar-refractivity contribution in [3.63, 3.8) is 0 Å². The summed E-state index contributed by atoms with van der Waals surface area (Å²) >= 11 is 6.16. The molecule has 2 rings (SSSR count). The number of benzene rings is 2. The van der Waals surface area contributed by atoms with E-state index in [9.17, 15) is 21.6 Å². The first-order valence-corrected chi connectivity index (χ1v) is 12.0. The maximum atomic E-state index is 12.5. The molecule has 0 aliphatic carbocycles. The quantitative estimate of drug-likeness (QED) is 0.735. The van der Waals surface area contributed by atoms with E-state index in [0.29, 0.717) is 17.1 Å². The number of halogens is 1. The summed E-state index contributed by atoms with van der Waals surface area (Å²) in [4.78, 5) is 12.5. The SMILES string of the molecule is CN(c1cccc(NC(=O)c2ccc(N(C)S(C)(=O)=O)cc2Cl)c1)S(C)(=O)=O. The number of amides is 1. The highest BCUT2D eigenvalue weighted by Crippen LogP contribution is 2.26. The lowest BCUT2D eigenvalue weighted by molar-refractivity contribution is 0.102. The van der Waals surface area contributed by atoms with Gasteiger partial charge in [0.15, 0.2) is 0 Å². The molecule has 0 fully saturated rings. The zero-order valence-corrected chi connectivity index (χ0v) is 18.1. The van der Waals surface area contributed by atoms with Crippen LogP contribution < -0.4 is 13.9 Å². The van der Waals surface area contributed by atoms with E-state index in [1.807, 2.05) is 0 Å². The van der Waals surface area contributed by atoms with Crippen LogP contribution in [0.25, 0.3) is 0 Å². The average Bonchev–Trinajstić information content (AvgIpc) is 2.58. The van der Waals surface area contributed by atoms with E-state index >= 15 is 0 Å². The van der Waals surface area contributed by atoms with Crippen molar-refractivity contribution in [2.75, 3.05) is 40.5 Å². The van der Waals surface area contributed by atoms with E-state index in [1.165, 1.54) is 38.4 Å². The van der Waals surface area contributed by atoms with E-state index in [-0.39, 0.29) is 10.6 Å². The van der Waals surface area contributed by atoms with E-state index in [0.717, 1.165) is 21.1 Å². The van der Waals surface area contributed by atoms with E-state index in [2.05, 4.69) is 5.32 Å². The van der Waals surface area contributed by atoms with Gasteiger partial charge in [-0.25, -0.2) is 16.8 Å². The molecule has 0 radical (unpaired) electrons. The molecule has 0 saturated carbocycles. The van der Waals surface area contributed by atoms with Crippen LogP contribution in [-0.2, 0) is 20.0 Å². The highest BCUT2D eigenvalue weighted by atomic mass is 35.5. The summed E-state index contributed by atoms with van der Waals surface area (Å²) in [5.41, 5.74) is 1.23. The van der Waals surface area contributed by atoms with Crippen LogP contribution in [0.4, 0.5) is 17.1 Å². The molecule has 0 aliphatic rings. The maximum Gasteiger partial charge on any atom is 0.257 e. The summed E-state index contributed by atoms with van der Waals surface area (Å²) in [7, 11) is -4.11. The number of nitrogens with one attached hydrogen (secondary N) is 1. The van der Waals surface area contributed by atoms with Crippen molar-refractivity contribution in [1.82, 2.24) is 0 Å². The molecule has 0 saturated heterocycles. The van der Waals surface area contributed by atoms with Crippen molar-refractivity contribution in [1.29, 1.82) is 0 Å². The molecule has 0 heterocycles. The lowest BCUT2D eigenvalue weighted by Crippen LogP contribution is -2.25. The Kier molecular flexibility index (Phi) is 6.27. The Morgan fingerprint density at radius 3 is 1.93 bits per heavy atom. The van der Waals surface area contributed by atoms with Crippen molar-refractivity contribution < 1.29 is 21.6 Å². The summed E-state index contributed by atoms with van der Waals surface area (Å²) in [5, 5.41) is 2.73. The number of nitrogens with zero attached hydrogens (tertiary/aromatic N) is 2. The van der Waals surface area contributed by atoms with Gasteiger partial charge in [0, 0.05) is 19.8 Å². The van der Waals surface area contributed by atoms with Crippen LogP contribution in [0.2, 0.25) is 5.02 Å². The minimum atomic E-state index is -3.46. The fourth-order valence-electron chi connectivity index (χ4n) is 2.24. The molecule has 2 aromatic rings. The highest BCUT2D eigenvalue weighted by molar-refractivity contribution is 7.92. The predicted molar refractivity (Wildman–Crippen MR) is 112 cm³/mol. The van der Waals surface area contributed by atoms with Crippen molar-refractivity contribution in [2.24, 2.45) is 0 Å². The van der Waals surface area contributed by atoms with Gasteiger partial charge < -0.3 is 5.32 Å². The molecule has 0 atom stereocenters. The van der Waals surface area contributed by atoms with Gasteiger partial charge in [-0.05, 0) is 36.4 Å². The number of hydrogen-bond acceptors (Lipinski definition) is 5. The van der Waals surface area contributed by atoms with Gasteiger partial charge in [-0.15, -0.1) is 0 Å². The molecule has 0 aromatic heterocycles. The molecule has 0 bridgehead atoms. The normalized spacial score (nSPS) is 11.8. The van der Waals surface area contributed by atoms with Crippen LogP contribution in [-0.4, -0.2) is 49.3 Å². The van der Waals surface area contributed by atoms with Crippen molar-refractivity contribution in [2.45, 2.75) is 0 Å². The van der Waals surface area contributed by atoms with Crippen LogP contribution in [0.3, 0.4) is 0 Å². The molecule has 0 spiro atoms. The number of sulfonamides is 2. The third-order valence-corrected chi connectivity index (χ3v) is 6.75. The van der Waals surface area contributed by atoms with Crippen LogP contribution >= 0.6 is 11.6 Å². The van der Waals surface area contributed by atoms with Gasteiger partial charge in [0.1, 0.15) is 0 Å². The fraction of sp³-hybridized carbons (Fsp3) is 0.235. The minimum absolute atomic E-state index is 0.0786. The Bertz CT molecular complexity index is 1120. The van der Waals surface area contributed by atoms with Crippen LogP contribution in [0.1, 0.15) is 10.4 Å². The van der Waals surface area contributed by atoms with Crippen LogP contribution in [0, 0.1) is 0 Å². The Balaban J connectivity index is 2.27. The lowest BCUT2D eigenvalue weighted by atomic mass is 10.2. The Hall–Kier alpha value is -2.30. The van der Waals surface area contributed by atoms with Crippen molar-refractivity contribution in [3.8, 4) is 0 Å². The second-order valence-corrected chi connectivity index (χ2v) is 10.6. The molecule has 11 heteroatoms. The van der Waals surface area contributed by atoms with Gasteiger partial charge in [0.2, 0.25) is 20.0 Å². The third-order valence-electron chi connectivity index (χ3n) is 4.02. The largest absolute Gasteiger partial charge is 0.322 e. The number of carbonyl (C=O) groups is 1. The Labute approximate surface area is 169 Å². The monoisotopic (exact) mass is 445 g/mol. The standard InChI is InChI=1S/C17H20ClN3O5S2/c1-20(27(3,23)24)13-7-5-6-12(10-13)19-17(22)15-9-8-14(11-16(15)18)21(2)28(4,25)26/h5-11H,1-4H3,(H,19,22). The second-order valence-electron chi connectivity index (χ2n) is 6.13. The average molecular weight is 446 g/mol. The summed E-state index contributed by atoms with van der Waals surface area (Å²) in [6.07, 6.45) is 2.13. The Morgan fingerprint density at radius 1 is 0.893 bits per heavy atom. The van der Waals surface area contributed by atoms with Crippen molar-refractivity contribution >= 4 is 54.6 Å². The zero-order valence-electron chi connectivity index (χ0n) is 15.7. The minimum Gasteiger partial charge on any atom is -0.322 e. The molecule has 152 valence electrons. The van der Waals surface area contributed by atoms with Gasteiger partial charge in [0.05, 0.1) is 34.5 Å². The maximum absolute atomic E-state index is 12.5. The lowest BCUT2D eigenvalue weighted by Gasteiger charge is -2.18. The zero-order chi connectivity index (χ0) is 21.3. The van der Waals surface area contributed by atoms with Gasteiger partial charge >= 0.3 is 0 Å². The second kappa shape index (κ2) is 7.98. The van der Waals surface area contributed by atoms with E-state index in [4.69, 9.17) is 11.6 Å². The summed E-state index contributed by atoms with van der Waals surface area (Å²) in [6, 6.07) is 10.6. The van der Waals surface area contributed by atoms with Crippen molar-refractivity contribution in [3.05, 3.63) is 53.1 Å². The molecular weight excluding hydrogens is 426 g/mol. The van der Waals surface area contributed by atoms with Crippen LogP contribution in [0.15, 0.2) is 42.5 Å². The molecule has 2 aromatic carbocycles. The first kappa shape index (κ1) is 22.0. The number of anilines is 3. The summed E-state index contributed by atoms with van der Waals surface area (Å²) < 4.78 is 48.7. The van der Waals surface area contributed by atoms with Gasteiger partial charge in [0.25, 0.3) is 5.91 Å². The number of rotatable bonds is 6. The smallest absolute Gasteiger partial charge is 0.257 e. The molecule has 8 nitrogen and oxygen atoms in total. The number of hydrogen-bond donors (Lipinski definition) is 1. The number of carbonyl (C=O) groups excluding carboxylic acids is 1. The molecule has 1 N–H and O–H groups in total. The topological polar surface area (TPSA) is 104 Å². The first-order chi connectivity index (χ1) is 12.8. The molecule has 0 aliphatic heterocycles. The van der Waals surface area contributed by atoms with Crippen LogP contribution in [0.5, 0.6) is 0 Å². The fourth-order valence-corrected chi connectivity index (χ4v) is 3.50. The molecule has 28 heavy (non-hydrogen) atoms. The summed E-state index contributed by atoms with van der Waals surface area (Å²) in [5.74, 6) is -0.516. The first-order valence-electron chi connectivity index (χ1n) is 7.89.